The molecule has 0 saturated heterocycles. The van der Waals surface area contributed by atoms with Crippen LogP contribution >= 0.6 is 0 Å². The van der Waals surface area contributed by atoms with Crippen LogP contribution in [-0.2, 0) is 0 Å². The van der Waals surface area contributed by atoms with Gasteiger partial charge < -0.3 is 10.6 Å². The molecule has 146 valence electrons. The molecule has 0 saturated carbocycles. The number of nitrogens with zero attached hydrogens (tertiary/aromatic N) is 2. The average Bonchev–Trinajstić information content (AvgIpc) is 3.01. The number of rotatable bonds is 3. The molecule has 0 aliphatic carbocycles. The smallest absolute Gasteiger partial charge is 0.292 e. The highest BCUT2D eigenvalue weighted by atomic mass is 19.2. The second-order valence-electron chi connectivity index (χ2n) is 7.12. The van der Waals surface area contributed by atoms with E-state index in [2.05, 4.69) is 15.6 Å². The zero-order chi connectivity index (χ0) is 20.6. The molecule has 0 unspecified atom stereocenters. The Morgan fingerprint density at radius 2 is 1.71 bits per heavy atom. The Hall–Kier alpha value is -3.36. The van der Waals surface area contributed by atoms with Crippen molar-refractivity contribution in [2.75, 3.05) is 5.32 Å². The zero-order valence-electron chi connectivity index (χ0n) is 15.3. The number of hydrogen-bond acceptors (Lipinski definition) is 3. The molecule has 0 aliphatic heterocycles. The number of benzene rings is 1. The van der Waals surface area contributed by atoms with Crippen molar-refractivity contribution in [1.82, 2.24) is 14.7 Å². The molecule has 2 heterocycles. The highest BCUT2D eigenvalue weighted by Crippen LogP contribution is 2.21. The lowest BCUT2D eigenvalue weighted by atomic mass is 10.1. The van der Waals surface area contributed by atoms with Gasteiger partial charge in [-0.05, 0) is 45.0 Å². The van der Waals surface area contributed by atoms with Crippen molar-refractivity contribution in [3.8, 4) is 0 Å². The van der Waals surface area contributed by atoms with Crippen LogP contribution in [-0.4, -0.2) is 26.7 Å². The first-order chi connectivity index (χ1) is 13.1. The molecule has 0 bridgehead atoms. The summed E-state index contributed by atoms with van der Waals surface area (Å²) in [7, 11) is 0. The molecule has 3 aromatic rings. The zero-order valence-corrected chi connectivity index (χ0v) is 15.3. The predicted molar refractivity (Wildman–Crippen MR) is 96.7 cm³/mol. The van der Waals surface area contributed by atoms with Gasteiger partial charge in [-0.3, -0.25) is 14.0 Å². The number of halogens is 3. The van der Waals surface area contributed by atoms with E-state index in [4.69, 9.17) is 0 Å². The molecule has 0 spiro atoms. The van der Waals surface area contributed by atoms with Gasteiger partial charge in [0.25, 0.3) is 11.8 Å². The maximum absolute atomic E-state index is 13.9. The van der Waals surface area contributed by atoms with Gasteiger partial charge in [-0.2, -0.15) is 0 Å². The molecule has 2 N–H and O–H groups in total. The topological polar surface area (TPSA) is 75.5 Å². The highest BCUT2D eigenvalue weighted by Gasteiger charge is 2.25. The van der Waals surface area contributed by atoms with E-state index in [0.717, 1.165) is 6.07 Å². The van der Waals surface area contributed by atoms with Gasteiger partial charge in [0.15, 0.2) is 23.1 Å². The summed E-state index contributed by atoms with van der Waals surface area (Å²) in [5, 5.41) is 4.91. The third-order valence-corrected chi connectivity index (χ3v) is 3.74. The summed E-state index contributed by atoms with van der Waals surface area (Å²) in [5.74, 6) is -6.19. The van der Waals surface area contributed by atoms with Crippen LogP contribution in [0.1, 0.15) is 41.9 Å². The normalized spacial score (nSPS) is 11.5. The van der Waals surface area contributed by atoms with Crippen LogP contribution < -0.4 is 10.6 Å². The molecule has 0 atom stereocenters. The summed E-state index contributed by atoms with van der Waals surface area (Å²) in [6.07, 6.45) is 1.51. The predicted octanol–water partition coefficient (Wildman–Crippen LogP) is 3.53. The van der Waals surface area contributed by atoms with Crippen LogP contribution in [0.5, 0.6) is 0 Å². The third kappa shape index (κ3) is 3.68. The van der Waals surface area contributed by atoms with E-state index in [-0.39, 0.29) is 11.5 Å². The van der Waals surface area contributed by atoms with E-state index in [0.29, 0.717) is 11.6 Å². The van der Waals surface area contributed by atoms with E-state index in [1.54, 1.807) is 39.0 Å². The van der Waals surface area contributed by atoms with Crippen molar-refractivity contribution in [2.24, 2.45) is 0 Å². The maximum atomic E-state index is 13.9. The first kappa shape index (κ1) is 19.4. The van der Waals surface area contributed by atoms with Crippen LogP contribution in [0.3, 0.4) is 0 Å². The SMILES string of the molecule is CC(C)(C)NC(=O)c1nc(C(=O)Nc2ccc(F)c(F)c2F)n2ccccc12. The molecular weight excluding hydrogens is 373 g/mol. The number of anilines is 1. The lowest BCUT2D eigenvalue weighted by molar-refractivity contribution is 0.0916. The fourth-order valence-electron chi connectivity index (χ4n) is 2.57. The molecule has 1 aromatic carbocycles. The average molecular weight is 390 g/mol. The van der Waals surface area contributed by atoms with Crippen LogP contribution in [0.4, 0.5) is 18.9 Å². The molecule has 6 nitrogen and oxygen atoms in total. The number of nitrogens with one attached hydrogen (secondary N) is 2. The lowest BCUT2D eigenvalue weighted by Crippen LogP contribution is -2.40. The fraction of sp³-hybridized carbons (Fsp3) is 0.211. The molecule has 0 aliphatic rings. The number of imidazole rings is 1. The highest BCUT2D eigenvalue weighted by molar-refractivity contribution is 6.06. The second-order valence-corrected chi connectivity index (χ2v) is 7.12. The largest absolute Gasteiger partial charge is 0.346 e. The van der Waals surface area contributed by atoms with Crippen molar-refractivity contribution < 1.29 is 22.8 Å². The van der Waals surface area contributed by atoms with Crippen LogP contribution in [0.25, 0.3) is 5.52 Å². The molecule has 3 rings (SSSR count). The van der Waals surface area contributed by atoms with E-state index in [9.17, 15) is 22.8 Å². The first-order valence-corrected chi connectivity index (χ1v) is 8.33. The van der Waals surface area contributed by atoms with Gasteiger partial charge in [-0.1, -0.05) is 6.07 Å². The molecule has 0 radical (unpaired) electrons. The number of hydrogen-bond donors (Lipinski definition) is 2. The van der Waals surface area contributed by atoms with Crippen molar-refractivity contribution in [1.29, 1.82) is 0 Å². The molecular formula is C19H17F3N4O2. The fourth-order valence-corrected chi connectivity index (χ4v) is 2.57. The number of aromatic nitrogens is 2. The summed E-state index contributed by atoms with van der Waals surface area (Å²) >= 11 is 0. The van der Waals surface area contributed by atoms with E-state index >= 15 is 0 Å². The number of fused-ring (bicyclic) bond motifs is 1. The summed E-state index contributed by atoms with van der Waals surface area (Å²) in [6.45, 7) is 5.38. The van der Waals surface area contributed by atoms with Gasteiger partial charge in [0.05, 0.1) is 11.2 Å². The quantitative estimate of drug-likeness (QED) is 0.672. The maximum Gasteiger partial charge on any atom is 0.292 e. The summed E-state index contributed by atoms with van der Waals surface area (Å²) in [6, 6.07) is 6.48. The third-order valence-electron chi connectivity index (χ3n) is 3.74. The Morgan fingerprint density at radius 3 is 2.39 bits per heavy atom. The molecule has 0 fully saturated rings. The van der Waals surface area contributed by atoms with Crippen LogP contribution in [0, 0.1) is 17.5 Å². The van der Waals surface area contributed by atoms with Gasteiger partial charge in [-0.25, -0.2) is 18.2 Å². The van der Waals surface area contributed by atoms with Gasteiger partial charge in [0.2, 0.25) is 5.82 Å². The molecule has 28 heavy (non-hydrogen) atoms. The van der Waals surface area contributed by atoms with Crippen molar-refractivity contribution in [2.45, 2.75) is 26.3 Å². The minimum atomic E-state index is -1.70. The van der Waals surface area contributed by atoms with Gasteiger partial charge in [-0.15, -0.1) is 0 Å². The lowest BCUT2D eigenvalue weighted by Gasteiger charge is -2.19. The standard InChI is InChI=1S/C19H17F3N4O2/c1-19(2,3)25-17(27)15-12-6-4-5-9-26(12)16(24-15)18(28)23-11-8-7-10(20)13(21)14(11)22/h4-9H,1-3H3,(H,23,28)(H,25,27). The minimum absolute atomic E-state index is 0.00596. The van der Waals surface area contributed by atoms with E-state index < -0.39 is 40.5 Å². The minimum Gasteiger partial charge on any atom is -0.346 e. The number of carbonyl (C=O) groups excluding carboxylic acids is 2. The summed E-state index contributed by atoms with van der Waals surface area (Å²) < 4.78 is 41.7. The summed E-state index contributed by atoms with van der Waals surface area (Å²) in [5.41, 5.74) is -0.706. The second kappa shape index (κ2) is 6.99. The van der Waals surface area contributed by atoms with E-state index in [1.807, 2.05) is 0 Å². The van der Waals surface area contributed by atoms with Crippen molar-refractivity contribution in [3.63, 3.8) is 0 Å². The van der Waals surface area contributed by atoms with Crippen LogP contribution in [0.2, 0.25) is 0 Å². The Kier molecular flexibility index (Phi) is 4.84. The Labute approximate surface area is 158 Å². The first-order valence-electron chi connectivity index (χ1n) is 8.33. The van der Waals surface area contributed by atoms with Crippen molar-refractivity contribution in [3.05, 3.63) is 65.5 Å². The Morgan fingerprint density at radius 1 is 1.00 bits per heavy atom. The Bertz CT molecular complexity index is 1090. The molecule has 2 aromatic heterocycles. The van der Waals surface area contributed by atoms with Gasteiger partial charge in [0.1, 0.15) is 0 Å². The molecule has 9 heteroatoms. The van der Waals surface area contributed by atoms with E-state index in [1.165, 1.54) is 10.6 Å². The Balaban J connectivity index is 2.01. The van der Waals surface area contributed by atoms with Crippen LogP contribution in [0.15, 0.2) is 36.5 Å². The van der Waals surface area contributed by atoms with Gasteiger partial charge >= 0.3 is 0 Å². The number of carbonyl (C=O) groups is 2. The monoisotopic (exact) mass is 390 g/mol. The van der Waals surface area contributed by atoms with Crippen molar-refractivity contribution >= 4 is 23.0 Å². The summed E-state index contributed by atoms with van der Waals surface area (Å²) in [4.78, 5) is 29.2. The molecule has 2 amide bonds. The van der Waals surface area contributed by atoms with Gasteiger partial charge in [0, 0.05) is 11.7 Å². The number of amides is 2. The number of pyridine rings is 1.